The maximum Gasteiger partial charge on any atom is 0.412 e. The van der Waals surface area contributed by atoms with Gasteiger partial charge in [0.1, 0.15) is 5.82 Å². The molecule has 31 heavy (non-hydrogen) atoms. The van der Waals surface area contributed by atoms with E-state index in [2.05, 4.69) is 20.1 Å². The van der Waals surface area contributed by atoms with E-state index < -0.39 is 11.5 Å². The first-order valence-corrected chi connectivity index (χ1v) is 11.6. The highest BCUT2D eigenvalue weighted by Gasteiger charge is 2.51. The Morgan fingerprint density at radius 3 is 2.81 bits per heavy atom. The number of hydrogen-bond acceptors (Lipinski definition) is 6. The fraction of sp³-hybridized carbons (Fsp3) is 0.682. The van der Waals surface area contributed by atoms with Crippen LogP contribution in [0.25, 0.3) is 0 Å². The second kappa shape index (κ2) is 9.20. The van der Waals surface area contributed by atoms with E-state index >= 15 is 0 Å². The van der Waals surface area contributed by atoms with Crippen LogP contribution in [0.5, 0.6) is 5.75 Å². The van der Waals surface area contributed by atoms with Gasteiger partial charge in [-0.25, -0.2) is 9.78 Å². The van der Waals surface area contributed by atoms with Crippen molar-refractivity contribution in [2.24, 2.45) is 5.41 Å². The van der Waals surface area contributed by atoms with E-state index in [1.54, 1.807) is 6.07 Å². The third kappa shape index (κ3) is 4.60. The third-order valence-corrected chi connectivity index (χ3v) is 7.14. The molecule has 1 spiro atoms. The van der Waals surface area contributed by atoms with E-state index in [0.717, 1.165) is 58.0 Å². The Bertz CT molecular complexity index is 830. The smallest absolute Gasteiger partial charge is 0.409 e. The molecule has 9 heteroatoms. The summed E-state index contributed by atoms with van der Waals surface area (Å²) in [4.78, 5) is 33.7. The van der Waals surface area contributed by atoms with Gasteiger partial charge in [0.15, 0.2) is 5.75 Å². The van der Waals surface area contributed by atoms with Gasteiger partial charge in [0.2, 0.25) is 5.91 Å². The standard InChI is InChI=1S/C22H31ClN4O4/c1-2-24-21(30)31-17-12-18(23)19(25-13-17)26-10-3-8-22(14-26)9-11-27(20(22)29)15-4-6-16(28)7-5-15/h12-13,15-16,28H,2-11,14H2,1H3,(H,24,30). The number of nitrogens with zero attached hydrogens (tertiary/aromatic N) is 3. The molecule has 8 nitrogen and oxygen atoms in total. The number of aliphatic hydroxyl groups excluding tert-OH is 1. The van der Waals surface area contributed by atoms with E-state index in [0.29, 0.717) is 23.9 Å². The van der Waals surface area contributed by atoms with E-state index in [4.69, 9.17) is 16.3 Å². The molecule has 2 amide bonds. The summed E-state index contributed by atoms with van der Waals surface area (Å²) in [7, 11) is 0. The van der Waals surface area contributed by atoms with Crippen molar-refractivity contribution in [2.45, 2.75) is 64.0 Å². The highest BCUT2D eigenvalue weighted by Crippen LogP contribution is 2.44. The molecule has 1 aromatic heterocycles. The number of pyridine rings is 1. The Kier molecular flexibility index (Phi) is 6.57. The monoisotopic (exact) mass is 450 g/mol. The Labute approximate surface area is 187 Å². The van der Waals surface area contributed by atoms with Crippen LogP contribution >= 0.6 is 11.6 Å². The van der Waals surface area contributed by atoms with Gasteiger partial charge in [-0.05, 0) is 51.9 Å². The maximum atomic E-state index is 13.5. The van der Waals surface area contributed by atoms with Gasteiger partial charge in [-0.2, -0.15) is 0 Å². The lowest BCUT2D eigenvalue weighted by Gasteiger charge is -2.41. The van der Waals surface area contributed by atoms with Crippen LogP contribution in [0.15, 0.2) is 12.3 Å². The van der Waals surface area contributed by atoms with E-state index in [9.17, 15) is 14.7 Å². The Balaban J connectivity index is 1.45. The summed E-state index contributed by atoms with van der Waals surface area (Å²) in [6.45, 7) is 4.45. The van der Waals surface area contributed by atoms with Crippen molar-refractivity contribution in [1.29, 1.82) is 0 Å². The number of hydrogen-bond donors (Lipinski definition) is 2. The van der Waals surface area contributed by atoms with Gasteiger partial charge in [-0.1, -0.05) is 11.6 Å². The average molecular weight is 451 g/mol. The number of rotatable bonds is 4. The first kappa shape index (κ1) is 22.1. The molecule has 0 radical (unpaired) electrons. The first-order valence-electron chi connectivity index (χ1n) is 11.3. The number of ether oxygens (including phenoxy) is 1. The number of aromatic nitrogens is 1. The summed E-state index contributed by atoms with van der Waals surface area (Å²) in [6, 6.07) is 1.84. The average Bonchev–Trinajstić information content (AvgIpc) is 3.04. The largest absolute Gasteiger partial charge is 0.412 e. The van der Waals surface area contributed by atoms with Crippen molar-refractivity contribution >= 4 is 29.4 Å². The van der Waals surface area contributed by atoms with Crippen molar-refractivity contribution in [1.82, 2.24) is 15.2 Å². The summed E-state index contributed by atoms with van der Waals surface area (Å²) in [5.41, 5.74) is -0.393. The summed E-state index contributed by atoms with van der Waals surface area (Å²) < 4.78 is 5.18. The topological polar surface area (TPSA) is 95.0 Å². The lowest BCUT2D eigenvalue weighted by molar-refractivity contribution is -0.139. The number of likely N-dealkylation sites (tertiary alicyclic amines) is 1. The van der Waals surface area contributed by atoms with Gasteiger partial charge in [-0.15, -0.1) is 0 Å². The van der Waals surface area contributed by atoms with Crippen LogP contribution in [-0.4, -0.2) is 65.3 Å². The van der Waals surface area contributed by atoms with Crippen LogP contribution < -0.4 is 15.0 Å². The Morgan fingerprint density at radius 2 is 2.10 bits per heavy atom. The molecule has 1 unspecified atom stereocenters. The fourth-order valence-corrected chi connectivity index (χ4v) is 5.52. The fourth-order valence-electron chi connectivity index (χ4n) is 5.25. The number of aliphatic hydroxyl groups is 1. The Hall–Kier alpha value is -2.06. The lowest BCUT2D eigenvalue weighted by atomic mass is 9.78. The van der Waals surface area contributed by atoms with Gasteiger partial charge >= 0.3 is 6.09 Å². The Morgan fingerprint density at radius 1 is 1.32 bits per heavy atom. The molecule has 170 valence electrons. The van der Waals surface area contributed by atoms with Crippen molar-refractivity contribution in [3.8, 4) is 5.75 Å². The zero-order valence-electron chi connectivity index (χ0n) is 18.0. The first-order chi connectivity index (χ1) is 14.9. The minimum absolute atomic E-state index is 0.221. The molecule has 2 N–H and O–H groups in total. The molecule has 1 saturated carbocycles. The van der Waals surface area contributed by atoms with Gasteiger partial charge in [0, 0.05) is 38.3 Å². The zero-order valence-corrected chi connectivity index (χ0v) is 18.7. The molecule has 0 bridgehead atoms. The molecule has 0 aromatic carbocycles. The molecular weight excluding hydrogens is 420 g/mol. The molecule has 2 aliphatic heterocycles. The van der Waals surface area contributed by atoms with E-state index in [1.807, 2.05) is 6.92 Å². The number of anilines is 1. The predicted octanol–water partition coefficient (Wildman–Crippen LogP) is 2.97. The van der Waals surface area contributed by atoms with Crippen LogP contribution in [0.1, 0.15) is 51.9 Å². The maximum absolute atomic E-state index is 13.5. The summed E-state index contributed by atoms with van der Waals surface area (Å²) in [5.74, 6) is 1.15. The predicted molar refractivity (Wildman–Crippen MR) is 117 cm³/mol. The zero-order chi connectivity index (χ0) is 22.0. The minimum atomic E-state index is -0.545. The molecular formula is C22H31ClN4O4. The summed E-state index contributed by atoms with van der Waals surface area (Å²) in [6.07, 6.45) is 6.67. The SMILES string of the molecule is CCNC(=O)Oc1cnc(N2CCCC3(CCN(C4CCC(O)CC4)C3=O)C2)c(Cl)c1. The van der Waals surface area contributed by atoms with Crippen molar-refractivity contribution in [2.75, 3.05) is 31.1 Å². The molecule has 2 saturated heterocycles. The lowest BCUT2D eigenvalue weighted by Crippen LogP contribution is -2.50. The number of piperidine rings is 1. The highest BCUT2D eigenvalue weighted by molar-refractivity contribution is 6.33. The molecule has 1 atom stereocenters. The quantitative estimate of drug-likeness (QED) is 0.732. The normalized spacial score (nSPS) is 28.8. The van der Waals surface area contributed by atoms with E-state index in [-0.39, 0.29) is 23.8 Å². The van der Waals surface area contributed by atoms with Gasteiger partial charge in [-0.3, -0.25) is 4.79 Å². The second-order valence-electron chi connectivity index (χ2n) is 8.91. The van der Waals surface area contributed by atoms with Gasteiger partial charge in [0.05, 0.1) is 22.7 Å². The second-order valence-corrected chi connectivity index (χ2v) is 9.32. The number of carbonyl (C=O) groups is 2. The van der Waals surface area contributed by atoms with Gasteiger partial charge in [0.25, 0.3) is 0 Å². The number of amides is 2. The molecule has 1 aromatic rings. The molecule has 3 fully saturated rings. The van der Waals surface area contributed by atoms with Crippen LogP contribution in [-0.2, 0) is 4.79 Å². The van der Waals surface area contributed by atoms with Crippen LogP contribution in [0.3, 0.4) is 0 Å². The molecule has 4 rings (SSSR count). The van der Waals surface area contributed by atoms with E-state index in [1.165, 1.54) is 6.20 Å². The highest BCUT2D eigenvalue weighted by atomic mass is 35.5. The van der Waals surface area contributed by atoms with Crippen LogP contribution in [0.2, 0.25) is 5.02 Å². The van der Waals surface area contributed by atoms with Crippen LogP contribution in [0, 0.1) is 5.41 Å². The number of nitrogens with one attached hydrogen (secondary N) is 1. The number of halogens is 1. The van der Waals surface area contributed by atoms with Crippen LogP contribution in [0.4, 0.5) is 10.6 Å². The third-order valence-electron chi connectivity index (χ3n) is 6.86. The minimum Gasteiger partial charge on any atom is -0.409 e. The van der Waals surface area contributed by atoms with Crippen molar-refractivity contribution < 1.29 is 19.4 Å². The number of carbonyl (C=O) groups excluding carboxylic acids is 2. The van der Waals surface area contributed by atoms with Gasteiger partial charge < -0.3 is 25.0 Å². The van der Waals surface area contributed by atoms with Crippen molar-refractivity contribution in [3.05, 3.63) is 17.3 Å². The molecule has 3 heterocycles. The summed E-state index contributed by atoms with van der Waals surface area (Å²) >= 11 is 6.48. The molecule has 3 aliphatic rings. The van der Waals surface area contributed by atoms with Crippen molar-refractivity contribution in [3.63, 3.8) is 0 Å². The summed E-state index contributed by atoms with van der Waals surface area (Å²) in [5, 5.41) is 12.8. The molecule has 1 aliphatic carbocycles.